The summed E-state index contributed by atoms with van der Waals surface area (Å²) >= 11 is 6.52. The quantitative estimate of drug-likeness (QED) is 0.584. The SMILES string of the molecule is CCOc1cc(CNCC2CCCN2CC)c(Cl)cc1OCc1ccc(F)cc1. The van der Waals surface area contributed by atoms with Crippen molar-refractivity contribution in [2.24, 2.45) is 0 Å². The molecule has 1 aliphatic heterocycles. The smallest absolute Gasteiger partial charge is 0.163 e. The van der Waals surface area contributed by atoms with Crippen LogP contribution in [0.1, 0.15) is 37.8 Å². The van der Waals surface area contributed by atoms with Crippen LogP contribution in [0.25, 0.3) is 0 Å². The summed E-state index contributed by atoms with van der Waals surface area (Å²) in [7, 11) is 0. The zero-order valence-corrected chi connectivity index (χ0v) is 18.0. The number of hydrogen-bond donors (Lipinski definition) is 1. The van der Waals surface area contributed by atoms with Crippen molar-refractivity contribution in [1.82, 2.24) is 10.2 Å². The lowest BCUT2D eigenvalue weighted by Crippen LogP contribution is -2.37. The fraction of sp³-hybridized carbons (Fsp3) is 0.478. The highest BCUT2D eigenvalue weighted by molar-refractivity contribution is 6.31. The monoisotopic (exact) mass is 420 g/mol. The summed E-state index contributed by atoms with van der Waals surface area (Å²) < 4.78 is 24.7. The van der Waals surface area contributed by atoms with Gasteiger partial charge in [-0.2, -0.15) is 0 Å². The molecule has 1 fully saturated rings. The van der Waals surface area contributed by atoms with E-state index >= 15 is 0 Å². The number of likely N-dealkylation sites (tertiary alicyclic amines) is 1. The van der Waals surface area contributed by atoms with Crippen molar-refractivity contribution >= 4 is 11.6 Å². The van der Waals surface area contributed by atoms with Gasteiger partial charge < -0.3 is 14.8 Å². The summed E-state index contributed by atoms with van der Waals surface area (Å²) in [6, 6.07) is 10.6. The number of ether oxygens (including phenoxy) is 2. The average Bonchev–Trinajstić information content (AvgIpc) is 3.18. The molecule has 1 unspecified atom stereocenters. The summed E-state index contributed by atoms with van der Waals surface area (Å²) in [5.74, 6) is 1.01. The second-order valence-corrected chi connectivity index (χ2v) is 7.70. The molecule has 29 heavy (non-hydrogen) atoms. The van der Waals surface area contributed by atoms with Gasteiger partial charge in [0.1, 0.15) is 12.4 Å². The number of benzene rings is 2. The molecule has 2 aromatic carbocycles. The maximum absolute atomic E-state index is 13.1. The lowest BCUT2D eigenvalue weighted by atomic mass is 10.1. The minimum Gasteiger partial charge on any atom is -0.490 e. The molecule has 2 aromatic rings. The normalized spacial score (nSPS) is 16.9. The van der Waals surface area contributed by atoms with Crippen molar-refractivity contribution in [2.75, 3.05) is 26.2 Å². The van der Waals surface area contributed by atoms with Crippen molar-refractivity contribution in [3.8, 4) is 11.5 Å². The molecule has 1 N–H and O–H groups in total. The van der Waals surface area contributed by atoms with E-state index in [0.717, 1.165) is 24.2 Å². The van der Waals surface area contributed by atoms with Gasteiger partial charge in [-0.05, 0) is 62.2 Å². The largest absolute Gasteiger partial charge is 0.490 e. The topological polar surface area (TPSA) is 33.7 Å². The van der Waals surface area contributed by atoms with Crippen LogP contribution in [0.5, 0.6) is 11.5 Å². The molecule has 0 aliphatic carbocycles. The number of nitrogens with zero attached hydrogens (tertiary/aromatic N) is 1. The van der Waals surface area contributed by atoms with E-state index in [4.69, 9.17) is 21.1 Å². The first-order chi connectivity index (χ1) is 14.1. The van der Waals surface area contributed by atoms with Crippen molar-refractivity contribution in [1.29, 1.82) is 0 Å². The molecule has 6 heteroatoms. The molecule has 1 atom stereocenters. The van der Waals surface area contributed by atoms with Crippen molar-refractivity contribution in [2.45, 2.75) is 45.9 Å². The van der Waals surface area contributed by atoms with Crippen LogP contribution in [-0.2, 0) is 13.2 Å². The second kappa shape index (κ2) is 10.8. The summed E-state index contributed by atoms with van der Waals surface area (Å²) in [5.41, 5.74) is 1.87. The van der Waals surface area contributed by atoms with Gasteiger partial charge in [-0.1, -0.05) is 30.7 Å². The molecule has 0 spiro atoms. The molecule has 0 aromatic heterocycles. The molecular formula is C23H30ClFN2O2. The molecule has 0 radical (unpaired) electrons. The van der Waals surface area contributed by atoms with Crippen LogP contribution < -0.4 is 14.8 Å². The van der Waals surface area contributed by atoms with E-state index in [1.807, 2.05) is 13.0 Å². The van der Waals surface area contributed by atoms with Crippen LogP contribution in [-0.4, -0.2) is 37.2 Å². The Morgan fingerprint density at radius 3 is 2.62 bits per heavy atom. The predicted molar refractivity (Wildman–Crippen MR) is 115 cm³/mol. The molecular weight excluding hydrogens is 391 g/mol. The molecule has 0 bridgehead atoms. The van der Waals surface area contributed by atoms with Crippen molar-refractivity contribution in [3.63, 3.8) is 0 Å². The maximum Gasteiger partial charge on any atom is 0.163 e. The van der Waals surface area contributed by atoms with E-state index in [2.05, 4.69) is 17.1 Å². The van der Waals surface area contributed by atoms with E-state index in [1.54, 1.807) is 18.2 Å². The molecule has 0 saturated carbocycles. The van der Waals surface area contributed by atoms with E-state index in [9.17, 15) is 4.39 Å². The van der Waals surface area contributed by atoms with Crippen LogP contribution >= 0.6 is 11.6 Å². The Bertz CT molecular complexity index is 785. The summed E-state index contributed by atoms with van der Waals surface area (Å²) in [6.07, 6.45) is 2.52. The minimum absolute atomic E-state index is 0.261. The highest BCUT2D eigenvalue weighted by atomic mass is 35.5. The Morgan fingerprint density at radius 2 is 1.90 bits per heavy atom. The Balaban J connectivity index is 1.62. The predicted octanol–water partition coefficient (Wildman–Crippen LogP) is 5.03. The summed E-state index contributed by atoms with van der Waals surface area (Å²) in [5, 5.41) is 4.19. The number of halogens is 2. The maximum atomic E-state index is 13.1. The van der Waals surface area contributed by atoms with E-state index < -0.39 is 0 Å². The van der Waals surface area contributed by atoms with Gasteiger partial charge in [0.25, 0.3) is 0 Å². The van der Waals surface area contributed by atoms with Crippen LogP contribution in [0.2, 0.25) is 5.02 Å². The van der Waals surface area contributed by atoms with Crippen LogP contribution in [0, 0.1) is 5.82 Å². The van der Waals surface area contributed by atoms with Gasteiger partial charge in [-0.15, -0.1) is 0 Å². The third-order valence-corrected chi connectivity index (χ3v) is 5.67. The van der Waals surface area contributed by atoms with E-state index in [-0.39, 0.29) is 5.82 Å². The van der Waals surface area contributed by atoms with Crippen LogP contribution in [0.3, 0.4) is 0 Å². The van der Waals surface area contributed by atoms with Crippen molar-refractivity contribution < 1.29 is 13.9 Å². The van der Waals surface area contributed by atoms with E-state index in [0.29, 0.717) is 42.3 Å². The van der Waals surface area contributed by atoms with Gasteiger partial charge in [0.2, 0.25) is 0 Å². The van der Waals surface area contributed by atoms with Crippen molar-refractivity contribution in [3.05, 3.63) is 58.4 Å². The molecule has 0 amide bonds. The Hall–Kier alpha value is -1.82. The minimum atomic E-state index is -0.261. The fourth-order valence-corrected chi connectivity index (χ4v) is 3.97. The third-order valence-electron chi connectivity index (χ3n) is 5.32. The molecule has 158 valence electrons. The number of nitrogens with one attached hydrogen (secondary N) is 1. The first kappa shape index (κ1) is 21.9. The molecule has 1 saturated heterocycles. The second-order valence-electron chi connectivity index (χ2n) is 7.29. The number of hydrogen-bond acceptors (Lipinski definition) is 4. The zero-order valence-electron chi connectivity index (χ0n) is 17.2. The molecule has 3 rings (SSSR count). The lowest BCUT2D eigenvalue weighted by molar-refractivity contribution is 0.259. The van der Waals surface area contributed by atoms with Crippen LogP contribution in [0.4, 0.5) is 4.39 Å². The number of likely N-dealkylation sites (N-methyl/N-ethyl adjacent to an activating group) is 1. The van der Waals surface area contributed by atoms with Gasteiger partial charge >= 0.3 is 0 Å². The first-order valence-electron chi connectivity index (χ1n) is 10.4. The highest BCUT2D eigenvalue weighted by Gasteiger charge is 2.22. The van der Waals surface area contributed by atoms with Gasteiger partial charge in [0, 0.05) is 30.2 Å². The third kappa shape index (κ3) is 6.08. The van der Waals surface area contributed by atoms with Crippen LogP contribution in [0.15, 0.2) is 36.4 Å². The van der Waals surface area contributed by atoms with Gasteiger partial charge in [0.05, 0.1) is 6.61 Å². The summed E-state index contributed by atoms with van der Waals surface area (Å²) in [6.45, 7) is 8.95. The van der Waals surface area contributed by atoms with Gasteiger partial charge in [-0.25, -0.2) is 4.39 Å². The Labute approximate surface area is 178 Å². The van der Waals surface area contributed by atoms with Gasteiger partial charge in [-0.3, -0.25) is 4.90 Å². The Morgan fingerprint density at radius 1 is 1.14 bits per heavy atom. The molecule has 1 aliphatic rings. The highest BCUT2D eigenvalue weighted by Crippen LogP contribution is 2.34. The zero-order chi connectivity index (χ0) is 20.6. The van der Waals surface area contributed by atoms with Gasteiger partial charge in [0.15, 0.2) is 11.5 Å². The van der Waals surface area contributed by atoms with E-state index in [1.165, 1.54) is 31.5 Å². The molecule has 4 nitrogen and oxygen atoms in total. The average molecular weight is 421 g/mol. The fourth-order valence-electron chi connectivity index (χ4n) is 3.75. The number of rotatable bonds is 10. The summed E-state index contributed by atoms with van der Waals surface area (Å²) in [4.78, 5) is 2.52. The molecule has 1 heterocycles. The standard InChI is InChI=1S/C23H30ClFN2O2/c1-3-27-11-5-6-20(27)15-26-14-18-12-22(28-4-2)23(13-21(18)24)29-16-17-7-9-19(25)10-8-17/h7-10,12-13,20,26H,3-6,11,14-16H2,1-2H3. The lowest BCUT2D eigenvalue weighted by Gasteiger charge is -2.23. The Kier molecular flexibility index (Phi) is 8.16. The first-order valence-corrected chi connectivity index (χ1v) is 10.8.